The average molecular weight is 266 g/mol. The fourth-order valence-electron chi connectivity index (χ4n) is 2.10. The van der Waals surface area contributed by atoms with Crippen molar-refractivity contribution in [1.29, 1.82) is 0 Å². The average Bonchev–Trinajstić information content (AvgIpc) is 2.59. The molecule has 1 atom stereocenters. The zero-order valence-electron chi connectivity index (χ0n) is 12.0. The van der Waals surface area contributed by atoms with Crippen LogP contribution >= 0.6 is 0 Å². The molecule has 1 N–H and O–H groups in total. The molecule has 0 heterocycles. The van der Waals surface area contributed by atoms with Crippen LogP contribution < -0.4 is 0 Å². The van der Waals surface area contributed by atoms with E-state index in [1.54, 1.807) is 0 Å². The minimum absolute atomic E-state index is 0.548. The van der Waals surface area contributed by atoms with Gasteiger partial charge < -0.3 is 5.11 Å². The SMILES string of the molecule is Cc1ccc(C(O)/C=C/C2=C/C/C=C\CC/C=C\2)cc1. The second kappa shape index (κ2) is 7.66. The van der Waals surface area contributed by atoms with Crippen molar-refractivity contribution in [3.8, 4) is 0 Å². The zero-order valence-corrected chi connectivity index (χ0v) is 12.0. The van der Waals surface area contributed by atoms with Gasteiger partial charge in [-0.1, -0.05) is 72.4 Å². The summed E-state index contributed by atoms with van der Waals surface area (Å²) in [6.45, 7) is 2.05. The van der Waals surface area contributed by atoms with Gasteiger partial charge in [-0.05, 0) is 37.3 Å². The van der Waals surface area contributed by atoms with E-state index in [2.05, 4.69) is 30.4 Å². The van der Waals surface area contributed by atoms with E-state index in [1.807, 2.05) is 43.3 Å². The van der Waals surface area contributed by atoms with E-state index in [1.165, 1.54) is 5.56 Å². The van der Waals surface area contributed by atoms with Gasteiger partial charge in [-0.3, -0.25) is 0 Å². The molecule has 0 aromatic heterocycles. The van der Waals surface area contributed by atoms with Crippen LogP contribution in [0.4, 0.5) is 0 Å². The maximum Gasteiger partial charge on any atom is 0.0975 e. The van der Waals surface area contributed by atoms with Gasteiger partial charge in [0.25, 0.3) is 0 Å². The molecule has 1 aromatic carbocycles. The first-order valence-electron chi connectivity index (χ1n) is 7.20. The van der Waals surface area contributed by atoms with Gasteiger partial charge in [-0.2, -0.15) is 0 Å². The lowest BCUT2D eigenvalue weighted by Gasteiger charge is -2.06. The molecule has 104 valence electrons. The quantitative estimate of drug-likeness (QED) is 0.779. The standard InChI is InChI=1S/C19H22O/c1-16-10-13-18(14-11-16)19(20)15-12-17-8-6-4-2-3-5-7-9-17/h2,4,7-15,19-20H,3,5-6H2,1H3/b4-2-,9-7-,15-12+,17-8+. The van der Waals surface area contributed by atoms with Crippen molar-refractivity contribution >= 4 is 0 Å². The Kier molecular flexibility index (Phi) is 5.57. The van der Waals surface area contributed by atoms with Crippen molar-refractivity contribution in [2.24, 2.45) is 0 Å². The largest absolute Gasteiger partial charge is 0.384 e. The van der Waals surface area contributed by atoms with E-state index in [0.717, 1.165) is 30.4 Å². The van der Waals surface area contributed by atoms with Crippen molar-refractivity contribution in [2.45, 2.75) is 32.3 Å². The fourth-order valence-corrected chi connectivity index (χ4v) is 2.10. The van der Waals surface area contributed by atoms with Gasteiger partial charge in [0.15, 0.2) is 0 Å². The molecular weight excluding hydrogens is 244 g/mol. The third kappa shape index (κ3) is 4.67. The summed E-state index contributed by atoms with van der Waals surface area (Å²) in [5.74, 6) is 0. The van der Waals surface area contributed by atoms with Gasteiger partial charge in [-0.15, -0.1) is 0 Å². The van der Waals surface area contributed by atoms with Crippen LogP contribution in [-0.4, -0.2) is 5.11 Å². The molecule has 1 nitrogen and oxygen atoms in total. The number of aliphatic hydroxyl groups excluding tert-OH is 1. The molecule has 20 heavy (non-hydrogen) atoms. The summed E-state index contributed by atoms with van der Waals surface area (Å²) >= 11 is 0. The predicted octanol–water partition coefficient (Wildman–Crippen LogP) is 4.81. The molecule has 0 fully saturated rings. The van der Waals surface area contributed by atoms with Crippen LogP contribution in [0.1, 0.15) is 36.5 Å². The highest BCUT2D eigenvalue weighted by Crippen LogP contribution is 2.16. The highest BCUT2D eigenvalue weighted by molar-refractivity contribution is 5.34. The van der Waals surface area contributed by atoms with E-state index in [0.29, 0.717) is 0 Å². The van der Waals surface area contributed by atoms with Gasteiger partial charge >= 0.3 is 0 Å². The third-order valence-electron chi connectivity index (χ3n) is 3.36. The van der Waals surface area contributed by atoms with Gasteiger partial charge in [0.1, 0.15) is 0 Å². The lowest BCUT2D eigenvalue weighted by atomic mass is 10.1. The summed E-state index contributed by atoms with van der Waals surface area (Å²) in [7, 11) is 0. The molecule has 0 spiro atoms. The van der Waals surface area contributed by atoms with Crippen LogP contribution in [0.15, 0.2) is 72.4 Å². The zero-order chi connectivity index (χ0) is 14.2. The van der Waals surface area contributed by atoms with Gasteiger partial charge in [0.05, 0.1) is 6.10 Å². The second-order valence-electron chi connectivity index (χ2n) is 5.11. The number of aryl methyl sites for hydroxylation is 1. The number of allylic oxidation sites excluding steroid dienone is 7. The van der Waals surface area contributed by atoms with Crippen molar-refractivity contribution in [1.82, 2.24) is 0 Å². The number of hydrogen-bond donors (Lipinski definition) is 1. The summed E-state index contributed by atoms with van der Waals surface area (Å²) in [6, 6.07) is 7.99. The molecule has 1 aliphatic rings. The molecule has 0 radical (unpaired) electrons. The molecule has 0 amide bonds. The molecule has 0 aliphatic heterocycles. The highest BCUT2D eigenvalue weighted by atomic mass is 16.3. The normalized spacial score (nSPS) is 23.2. The maximum atomic E-state index is 10.2. The molecule has 2 rings (SSSR count). The van der Waals surface area contributed by atoms with Crippen molar-refractivity contribution in [3.05, 3.63) is 83.5 Å². The van der Waals surface area contributed by atoms with Crippen LogP contribution in [0.2, 0.25) is 0 Å². The van der Waals surface area contributed by atoms with Crippen LogP contribution in [0.5, 0.6) is 0 Å². The first kappa shape index (κ1) is 14.5. The maximum absolute atomic E-state index is 10.2. The Labute approximate surface area is 121 Å². The third-order valence-corrected chi connectivity index (χ3v) is 3.36. The van der Waals surface area contributed by atoms with E-state index >= 15 is 0 Å². The summed E-state index contributed by atoms with van der Waals surface area (Å²) in [5, 5.41) is 10.2. The Bertz CT molecular complexity index is 529. The molecule has 1 aromatic rings. The molecular formula is C19H22O. The summed E-state index contributed by atoms with van der Waals surface area (Å²) in [5.41, 5.74) is 3.29. The Balaban J connectivity index is 2.05. The number of aliphatic hydroxyl groups is 1. The number of benzene rings is 1. The first-order valence-corrected chi connectivity index (χ1v) is 7.20. The first-order chi connectivity index (χ1) is 9.75. The predicted molar refractivity (Wildman–Crippen MR) is 85.5 cm³/mol. The molecule has 0 saturated heterocycles. The van der Waals surface area contributed by atoms with Gasteiger partial charge in [0.2, 0.25) is 0 Å². The monoisotopic (exact) mass is 266 g/mol. The Morgan fingerprint density at radius 2 is 1.80 bits per heavy atom. The van der Waals surface area contributed by atoms with Crippen LogP contribution in [0, 0.1) is 6.92 Å². The minimum Gasteiger partial charge on any atom is -0.384 e. The van der Waals surface area contributed by atoms with Crippen molar-refractivity contribution in [2.75, 3.05) is 0 Å². The molecule has 0 saturated carbocycles. The molecule has 1 unspecified atom stereocenters. The number of hydrogen-bond acceptors (Lipinski definition) is 1. The van der Waals surface area contributed by atoms with Crippen LogP contribution in [0.3, 0.4) is 0 Å². The lowest BCUT2D eigenvalue weighted by Crippen LogP contribution is -1.92. The van der Waals surface area contributed by atoms with E-state index in [4.69, 9.17) is 0 Å². The van der Waals surface area contributed by atoms with Crippen LogP contribution in [-0.2, 0) is 0 Å². The van der Waals surface area contributed by atoms with E-state index in [9.17, 15) is 5.11 Å². The minimum atomic E-state index is -0.548. The Morgan fingerprint density at radius 1 is 1.05 bits per heavy atom. The topological polar surface area (TPSA) is 20.2 Å². The molecule has 1 aliphatic carbocycles. The Hall–Kier alpha value is -1.86. The van der Waals surface area contributed by atoms with Gasteiger partial charge in [0, 0.05) is 0 Å². The lowest BCUT2D eigenvalue weighted by molar-refractivity contribution is 0.228. The van der Waals surface area contributed by atoms with Crippen molar-refractivity contribution < 1.29 is 5.11 Å². The highest BCUT2D eigenvalue weighted by Gasteiger charge is 2.02. The van der Waals surface area contributed by atoms with Gasteiger partial charge in [-0.25, -0.2) is 0 Å². The Morgan fingerprint density at radius 3 is 2.60 bits per heavy atom. The molecule has 1 heteroatoms. The summed E-state index contributed by atoms with van der Waals surface area (Å²) in [6.07, 6.45) is 17.3. The van der Waals surface area contributed by atoms with Crippen molar-refractivity contribution in [3.63, 3.8) is 0 Å². The summed E-state index contributed by atoms with van der Waals surface area (Å²) in [4.78, 5) is 0. The number of rotatable bonds is 3. The van der Waals surface area contributed by atoms with E-state index in [-0.39, 0.29) is 0 Å². The fraction of sp³-hybridized carbons (Fsp3) is 0.263. The molecule has 0 bridgehead atoms. The van der Waals surface area contributed by atoms with E-state index < -0.39 is 6.10 Å². The van der Waals surface area contributed by atoms with Crippen LogP contribution in [0.25, 0.3) is 0 Å². The smallest absolute Gasteiger partial charge is 0.0975 e. The second-order valence-corrected chi connectivity index (χ2v) is 5.11. The summed E-state index contributed by atoms with van der Waals surface area (Å²) < 4.78 is 0.